The lowest BCUT2D eigenvalue weighted by atomic mass is 10.2. The van der Waals surface area contributed by atoms with E-state index >= 15 is 0 Å². The Kier molecular flexibility index (Phi) is 2.63. The average Bonchev–Trinajstić information content (AvgIpc) is 2.98. The van der Waals surface area contributed by atoms with Crippen LogP contribution in [0.5, 0.6) is 0 Å². The summed E-state index contributed by atoms with van der Waals surface area (Å²) in [6, 6.07) is 1.90. The smallest absolute Gasteiger partial charge is 0.268 e. The summed E-state index contributed by atoms with van der Waals surface area (Å²) in [5.74, 6) is 0.276. The van der Waals surface area contributed by atoms with Gasteiger partial charge < -0.3 is 0 Å². The van der Waals surface area contributed by atoms with Crippen LogP contribution in [0.2, 0.25) is 0 Å². The standard InChI is InChI=1S/C10H10N6OS/c1-2-3-6-4-7-8(18-6)11-5-16(9(7)17)10-12-14-15-13-10/h4-5H,2-3H2,1H3,(H,12,13,14,15). The second-order valence-corrected chi connectivity index (χ2v) is 4.94. The van der Waals surface area contributed by atoms with Crippen LogP contribution >= 0.6 is 11.3 Å². The molecule has 3 aromatic rings. The summed E-state index contributed by atoms with van der Waals surface area (Å²) in [5.41, 5.74) is -0.155. The van der Waals surface area contributed by atoms with Crippen molar-refractivity contribution in [1.82, 2.24) is 30.2 Å². The zero-order valence-electron chi connectivity index (χ0n) is 9.62. The predicted molar refractivity (Wildman–Crippen MR) is 66.9 cm³/mol. The van der Waals surface area contributed by atoms with Gasteiger partial charge in [-0.05, 0) is 22.9 Å². The first kappa shape index (κ1) is 11.0. The lowest BCUT2D eigenvalue weighted by molar-refractivity contribution is 0.878. The van der Waals surface area contributed by atoms with Gasteiger partial charge in [-0.3, -0.25) is 4.79 Å². The molecule has 0 saturated carbocycles. The number of nitrogens with zero attached hydrogens (tertiary/aromatic N) is 5. The topological polar surface area (TPSA) is 89.4 Å². The highest BCUT2D eigenvalue weighted by Gasteiger charge is 2.11. The molecule has 3 aromatic heterocycles. The molecule has 0 radical (unpaired) electrons. The number of aryl methyl sites for hydroxylation is 1. The molecule has 1 N–H and O–H groups in total. The van der Waals surface area contributed by atoms with Gasteiger partial charge in [-0.25, -0.2) is 14.6 Å². The van der Waals surface area contributed by atoms with Crippen LogP contribution in [0.1, 0.15) is 18.2 Å². The quantitative estimate of drug-likeness (QED) is 0.757. The molecule has 0 saturated heterocycles. The van der Waals surface area contributed by atoms with Crippen LogP contribution < -0.4 is 5.56 Å². The highest BCUT2D eigenvalue weighted by molar-refractivity contribution is 7.18. The maximum atomic E-state index is 12.3. The number of aromatic nitrogens is 6. The summed E-state index contributed by atoms with van der Waals surface area (Å²) in [7, 11) is 0. The third-order valence-electron chi connectivity index (χ3n) is 2.56. The van der Waals surface area contributed by atoms with E-state index in [9.17, 15) is 4.79 Å². The Morgan fingerprint density at radius 3 is 3.11 bits per heavy atom. The molecule has 0 fully saturated rings. The molecule has 0 aliphatic carbocycles. The number of aromatic amines is 1. The number of fused-ring (bicyclic) bond motifs is 1. The fraction of sp³-hybridized carbons (Fsp3) is 0.300. The maximum absolute atomic E-state index is 12.3. The minimum atomic E-state index is -0.155. The van der Waals surface area contributed by atoms with Crippen LogP contribution in [0.25, 0.3) is 16.2 Å². The summed E-state index contributed by atoms with van der Waals surface area (Å²) in [6.07, 6.45) is 3.45. The van der Waals surface area contributed by atoms with Crippen molar-refractivity contribution in [2.24, 2.45) is 0 Å². The fourth-order valence-electron chi connectivity index (χ4n) is 1.75. The Bertz CT molecular complexity index is 728. The number of thiophene rings is 1. The van der Waals surface area contributed by atoms with Crippen LogP contribution in [0.15, 0.2) is 17.2 Å². The monoisotopic (exact) mass is 262 g/mol. The van der Waals surface area contributed by atoms with Gasteiger partial charge in [0, 0.05) is 4.88 Å². The minimum Gasteiger partial charge on any atom is -0.268 e. The van der Waals surface area contributed by atoms with Crippen molar-refractivity contribution < 1.29 is 0 Å². The molecule has 0 atom stereocenters. The third-order valence-corrected chi connectivity index (χ3v) is 3.66. The fourth-order valence-corrected chi connectivity index (χ4v) is 2.84. The normalized spacial score (nSPS) is 11.2. The molecule has 7 nitrogen and oxygen atoms in total. The maximum Gasteiger partial charge on any atom is 0.269 e. The van der Waals surface area contributed by atoms with Gasteiger partial charge in [0.1, 0.15) is 11.2 Å². The number of H-pyrrole nitrogens is 1. The Balaban J connectivity index is 2.20. The number of nitrogens with one attached hydrogen (secondary N) is 1. The van der Waals surface area contributed by atoms with Crippen molar-refractivity contribution in [2.45, 2.75) is 19.8 Å². The Hall–Kier alpha value is -2.09. The second kappa shape index (κ2) is 4.30. The van der Waals surface area contributed by atoms with Gasteiger partial charge in [0.25, 0.3) is 11.5 Å². The first-order valence-electron chi connectivity index (χ1n) is 5.53. The second-order valence-electron chi connectivity index (χ2n) is 3.83. The third kappa shape index (κ3) is 1.70. The van der Waals surface area contributed by atoms with Crippen molar-refractivity contribution in [2.75, 3.05) is 0 Å². The first-order valence-corrected chi connectivity index (χ1v) is 6.35. The number of rotatable bonds is 3. The zero-order valence-corrected chi connectivity index (χ0v) is 10.4. The molecule has 0 unspecified atom stereocenters. The summed E-state index contributed by atoms with van der Waals surface area (Å²) in [4.78, 5) is 18.5. The van der Waals surface area contributed by atoms with Crippen LogP contribution in [-0.2, 0) is 6.42 Å². The first-order chi connectivity index (χ1) is 8.79. The molecule has 92 valence electrons. The molecule has 0 aliphatic heterocycles. The molecule has 0 aromatic carbocycles. The van der Waals surface area contributed by atoms with Gasteiger partial charge >= 0.3 is 0 Å². The summed E-state index contributed by atoms with van der Waals surface area (Å²) < 4.78 is 1.31. The van der Waals surface area contributed by atoms with Gasteiger partial charge in [-0.2, -0.15) is 0 Å². The molecule has 18 heavy (non-hydrogen) atoms. The van der Waals surface area contributed by atoms with Gasteiger partial charge in [0.2, 0.25) is 0 Å². The van der Waals surface area contributed by atoms with E-state index in [4.69, 9.17) is 0 Å². The van der Waals surface area contributed by atoms with Crippen LogP contribution in [0.4, 0.5) is 0 Å². The molecule has 0 aliphatic rings. The van der Waals surface area contributed by atoms with E-state index in [0.29, 0.717) is 5.39 Å². The molecular weight excluding hydrogens is 252 g/mol. The Labute approximate surface area is 105 Å². The van der Waals surface area contributed by atoms with E-state index in [-0.39, 0.29) is 11.5 Å². The van der Waals surface area contributed by atoms with Crippen molar-refractivity contribution in [3.8, 4) is 5.95 Å². The Morgan fingerprint density at radius 2 is 2.39 bits per heavy atom. The van der Waals surface area contributed by atoms with E-state index in [1.807, 2.05) is 6.07 Å². The largest absolute Gasteiger partial charge is 0.269 e. The van der Waals surface area contributed by atoms with Gasteiger partial charge in [-0.15, -0.1) is 11.3 Å². The number of tetrazole rings is 1. The lowest BCUT2D eigenvalue weighted by Gasteiger charge is -1.97. The molecule has 0 amide bonds. The lowest BCUT2D eigenvalue weighted by Crippen LogP contribution is -2.19. The molecule has 3 rings (SSSR count). The van der Waals surface area contributed by atoms with Crippen molar-refractivity contribution in [3.05, 3.63) is 27.6 Å². The van der Waals surface area contributed by atoms with Gasteiger partial charge in [-0.1, -0.05) is 18.4 Å². The molecule has 3 heterocycles. The highest BCUT2D eigenvalue weighted by atomic mass is 32.1. The van der Waals surface area contributed by atoms with Crippen LogP contribution in [0.3, 0.4) is 0 Å². The minimum absolute atomic E-state index is 0.155. The Morgan fingerprint density at radius 1 is 1.50 bits per heavy atom. The van der Waals surface area contributed by atoms with Gasteiger partial charge in [0.15, 0.2) is 0 Å². The van der Waals surface area contributed by atoms with Gasteiger partial charge in [0.05, 0.1) is 5.39 Å². The SMILES string of the molecule is CCCc1cc2c(=O)n(-c3nnn[nH]3)cnc2s1. The number of hydrogen-bond donors (Lipinski definition) is 1. The molecule has 0 spiro atoms. The van der Waals surface area contributed by atoms with Crippen molar-refractivity contribution in [1.29, 1.82) is 0 Å². The van der Waals surface area contributed by atoms with Crippen molar-refractivity contribution in [3.63, 3.8) is 0 Å². The van der Waals surface area contributed by atoms with E-state index in [1.54, 1.807) is 11.3 Å². The van der Waals surface area contributed by atoms with E-state index in [1.165, 1.54) is 15.8 Å². The highest BCUT2D eigenvalue weighted by Crippen LogP contribution is 2.22. The molecule has 8 heteroatoms. The zero-order chi connectivity index (χ0) is 12.5. The van der Waals surface area contributed by atoms with E-state index in [2.05, 4.69) is 32.5 Å². The predicted octanol–water partition coefficient (Wildman–Crippen LogP) is 0.913. The van der Waals surface area contributed by atoms with E-state index in [0.717, 1.165) is 17.7 Å². The molecular formula is C10H10N6OS. The summed E-state index contributed by atoms with van der Waals surface area (Å²) in [6.45, 7) is 2.11. The van der Waals surface area contributed by atoms with E-state index < -0.39 is 0 Å². The number of hydrogen-bond acceptors (Lipinski definition) is 6. The van der Waals surface area contributed by atoms with Crippen molar-refractivity contribution >= 4 is 21.6 Å². The van der Waals surface area contributed by atoms with Crippen LogP contribution in [0, 0.1) is 0 Å². The van der Waals surface area contributed by atoms with Crippen LogP contribution in [-0.4, -0.2) is 30.2 Å². The molecule has 0 bridgehead atoms. The summed E-state index contributed by atoms with van der Waals surface area (Å²) in [5, 5.41) is 13.8. The average molecular weight is 262 g/mol. The summed E-state index contributed by atoms with van der Waals surface area (Å²) >= 11 is 1.56.